The van der Waals surface area contributed by atoms with Crippen LogP contribution in [0.2, 0.25) is 0 Å². The molecule has 8 aliphatic rings. The first kappa shape index (κ1) is 18.6. The molecule has 0 radical (unpaired) electrons. The number of rotatable bonds is 3. The van der Waals surface area contributed by atoms with E-state index in [4.69, 9.17) is 0 Å². The first-order chi connectivity index (χ1) is 14.4. The Kier molecular flexibility index (Phi) is 3.76. The molecule has 8 saturated carbocycles. The summed E-state index contributed by atoms with van der Waals surface area (Å²) in [5.74, 6) is 6.83. The fourth-order valence-electron chi connectivity index (χ4n) is 11.0. The molecule has 1 aromatic rings. The number of phenols is 1. The maximum Gasteiger partial charge on any atom is 0.123 e. The van der Waals surface area contributed by atoms with Crippen LogP contribution in [0.15, 0.2) is 12.1 Å². The van der Waals surface area contributed by atoms with Gasteiger partial charge in [-0.2, -0.15) is 0 Å². The van der Waals surface area contributed by atoms with E-state index in [1.54, 1.807) is 5.56 Å². The molecule has 0 amide bonds. The van der Waals surface area contributed by atoms with Gasteiger partial charge in [0.1, 0.15) is 5.75 Å². The smallest absolute Gasteiger partial charge is 0.123 e. The summed E-state index contributed by atoms with van der Waals surface area (Å²) in [5.41, 5.74) is 4.96. The Labute approximate surface area is 183 Å². The van der Waals surface area contributed by atoms with Crippen molar-refractivity contribution in [3.63, 3.8) is 0 Å². The lowest BCUT2D eigenvalue weighted by Crippen LogP contribution is -2.49. The lowest BCUT2D eigenvalue weighted by molar-refractivity contribution is -0.00817. The van der Waals surface area contributed by atoms with Crippen LogP contribution in [0.3, 0.4) is 0 Å². The standard InChI is InChI=1S/C29H40O/c1-17(2)26-24(28-11-18-5-19(12-28)7-20(6-18)13-28)3-4-25(27(26)30)29-14-21-8-22(15-29)10-23(9-21)16-29/h3-4,17-23,30H,5-16H2,1-2H3. The second-order valence-corrected chi connectivity index (χ2v) is 13.5. The van der Waals surface area contributed by atoms with Crippen LogP contribution in [-0.2, 0) is 10.8 Å². The summed E-state index contributed by atoms with van der Waals surface area (Å²) in [4.78, 5) is 0. The van der Waals surface area contributed by atoms with Crippen LogP contribution in [0, 0.1) is 35.5 Å². The highest BCUT2D eigenvalue weighted by molar-refractivity contribution is 5.54. The van der Waals surface area contributed by atoms with Crippen LogP contribution < -0.4 is 0 Å². The summed E-state index contributed by atoms with van der Waals surface area (Å²) in [7, 11) is 0. The van der Waals surface area contributed by atoms with Crippen LogP contribution >= 0.6 is 0 Å². The van der Waals surface area contributed by atoms with Crippen molar-refractivity contribution in [2.24, 2.45) is 35.5 Å². The lowest BCUT2D eigenvalue weighted by Gasteiger charge is -2.58. The van der Waals surface area contributed by atoms with E-state index in [2.05, 4.69) is 26.0 Å². The Morgan fingerprint density at radius 1 is 0.633 bits per heavy atom. The molecular formula is C29H40O. The summed E-state index contributed by atoms with van der Waals surface area (Å²) in [5, 5.41) is 11.9. The summed E-state index contributed by atoms with van der Waals surface area (Å²) < 4.78 is 0. The summed E-state index contributed by atoms with van der Waals surface area (Å²) >= 11 is 0. The largest absolute Gasteiger partial charge is 0.507 e. The molecule has 8 bridgehead atoms. The molecule has 30 heavy (non-hydrogen) atoms. The molecule has 1 aromatic carbocycles. The third kappa shape index (κ3) is 2.47. The Bertz CT molecular complexity index is 806. The summed E-state index contributed by atoms with van der Waals surface area (Å²) in [6.07, 6.45) is 17.1. The van der Waals surface area contributed by atoms with Crippen molar-refractivity contribution in [3.8, 4) is 5.75 Å². The third-order valence-electron chi connectivity index (χ3n) is 11.0. The molecule has 1 N–H and O–H groups in total. The topological polar surface area (TPSA) is 20.2 Å². The predicted octanol–water partition coefficient (Wildman–Crippen LogP) is 7.45. The first-order valence-corrected chi connectivity index (χ1v) is 13.3. The number of benzene rings is 1. The van der Waals surface area contributed by atoms with Gasteiger partial charge in [0.2, 0.25) is 0 Å². The lowest BCUT2D eigenvalue weighted by atomic mass is 9.46. The molecule has 0 aromatic heterocycles. The van der Waals surface area contributed by atoms with Gasteiger partial charge in [-0.1, -0.05) is 26.0 Å². The van der Waals surface area contributed by atoms with Gasteiger partial charge in [-0.15, -0.1) is 0 Å². The molecule has 0 atom stereocenters. The van der Waals surface area contributed by atoms with Crippen molar-refractivity contribution in [2.75, 3.05) is 0 Å². The van der Waals surface area contributed by atoms with Gasteiger partial charge in [0.25, 0.3) is 0 Å². The molecule has 8 fully saturated rings. The van der Waals surface area contributed by atoms with Crippen LogP contribution in [0.4, 0.5) is 0 Å². The molecule has 0 unspecified atom stereocenters. The second kappa shape index (κ2) is 6.08. The zero-order valence-corrected chi connectivity index (χ0v) is 19.1. The number of hydrogen-bond donors (Lipinski definition) is 1. The minimum atomic E-state index is 0.294. The van der Waals surface area contributed by atoms with Gasteiger partial charge in [-0.25, -0.2) is 0 Å². The molecule has 0 heterocycles. The Morgan fingerprint density at radius 3 is 1.33 bits per heavy atom. The van der Waals surface area contributed by atoms with Gasteiger partial charge in [0.05, 0.1) is 0 Å². The Balaban J connectivity index is 1.34. The van der Waals surface area contributed by atoms with E-state index in [1.165, 1.54) is 88.2 Å². The van der Waals surface area contributed by atoms with Crippen LogP contribution in [-0.4, -0.2) is 5.11 Å². The van der Waals surface area contributed by atoms with Crippen LogP contribution in [0.25, 0.3) is 0 Å². The second-order valence-electron chi connectivity index (χ2n) is 13.5. The van der Waals surface area contributed by atoms with E-state index in [0.29, 0.717) is 16.7 Å². The SMILES string of the molecule is CC(C)c1c(C23CC4CC(CC(C4)C2)C3)ccc(C23CC4CC(CC(C4)C2)C3)c1O. The number of phenolic OH excluding ortho intramolecular Hbond substituents is 1. The predicted molar refractivity (Wildman–Crippen MR) is 122 cm³/mol. The average molecular weight is 405 g/mol. The molecule has 9 rings (SSSR count). The van der Waals surface area contributed by atoms with Crippen molar-refractivity contribution < 1.29 is 5.11 Å². The fourth-order valence-corrected chi connectivity index (χ4v) is 11.0. The van der Waals surface area contributed by atoms with Crippen LogP contribution in [0.5, 0.6) is 5.75 Å². The van der Waals surface area contributed by atoms with Gasteiger partial charge in [-0.3, -0.25) is 0 Å². The van der Waals surface area contributed by atoms with E-state index < -0.39 is 0 Å². The monoisotopic (exact) mass is 404 g/mol. The highest BCUT2D eigenvalue weighted by Crippen LogP contribution is 2.65. The number of hydrogen-bond acceptors (Lipinski definition) is 1. The van der Waals surface area contributed by atoms with Gasteiger partial charge in [0, 0.05) is 11.1 Å². The first-order valence-electron chi connectivity index (χ1n) is 13.3. The molecule has 1 heteroatoms. The molecule has 0 saturated heterocycles. The fraction of sp³-hybridized carbons (Fsp3) is 0.793. The number of aromatic hydroxyl groups is 1. The van der Waals surface area contributed by atoms with E-state index in [1.807, 2.05) is 0 Å². The Hall–Kier alpha value is -0.980. The van der Waals surface area contributed by atoms with Crippen molar-refractivity contribution in [1.82, 2.24) is 0 Å². The quantitative estimate of drug-likeness (QED) is 0.554. The molecule has 0 spiro atoms. The molecule has 8 aliphatic carbocycles. The highest BCUT2D eigenvalue weighted by atomic mass is 16.3. The average Bonchev–Trinajstić information content (AvgIpc) is 2.65. The van der Waals surface area contributed by atoms with Gasteiger partial charge in [-0.05, 0) is 135 Å². The molecule has 0 aliphatic heterocycles. The van der Waals surface area contributed by atoms with Crippen molar-refractivity contribution in [2.45, 2.75) is 108 Å². The summed E-state index contributed by atoms with van der Waals surface area (Å²) in [6.45, 7) is 4.67. The van der Waals surface area contributed by atoms with E-state index in [-0.39, 0.29) is 0 Å². The third-order valence-corrected chi connectivity index (χ3v) is 11.0. The van der Waals surface area contributed by atoms with Gasteiger partial charge in [0.15, 0.2) is 0 Å². The van der Waals surface area contributed by atoms with Gasteiger partial charge < -0.3 is 5.11 Å². The van der Waals surface area contributed by atoms with E-state index in [0.717, 1.165) is 41.3 Å². The minimum Gasteiger partial charge on any atom is -0.507 e. The van der Waals surface area contributed by atoms with E-state index >= 15 is 0 Å². The molecular weight excluding hydrogens is 364 g/mol. The highest BCUT2D eigenvalue weighted by Gasteiger charge is 2.55. The van der Waals surface area contributed by atoms with Crippen molar-refractivity contribution in [3.05, 3.63) is 28.8 Å². The minimum absolute atomic E-state index is 0.294. The zero-order chi connectivity index (χ0) is 20.3. The van der Waals surface area contributed by atoms with Gasteiger partial charge >= 0.3 is 0 Å². The normalized spacial score (nSPS) is 48.1. The van der Waals surface area contributed by atoms with E-state index in [9.17, 15) is 5.11 Å². The molecule has 162 valence electrons. The molecule has 1 nitrogen and oxygen atoms in total. The van der Waals surface area contributed by atoms with Crippen LogP contribution in [0.1, 0.15) is 114 Å². The van der Waals surface area contributed by atoms with Crippen molar-refractivity contribution in [1.29, 1.82) is 0 Å². The maximum absolute atomic E-state index is 11.9. The summed E-state index contributed by atoms with van der Waals surface area (Å²) in [6, 6.07) is 5.00. The maximum atomic E-state index is 11.9. The Morgan fingerprint density at radius 2 is 0.967 bits per heavy atom. The zero-order valence-electron chi connectivity index (χ0n) is 19.1. The van der Waals surface area contributed by atoms with Crippen molar-refractivity contribution >= 4 is 0 Å².